The monoisotopic (exact) mass is 461 g/mol. The minimum Gasteiger partial charge on any atom is -0.497 e. The maximum atomic E-state index is 12.2. The topological polar surface area (TPSA) is 90.9 Å². The Labute approximate surface area is 198 Å². The first kappa shape index (κ1) is 24.5. The molecule has 0 saturated heterocycles. The van der Waals surface area contributed by atoms with E-state index in [4.69, 9.17) is 14.2 Å². The molecule has 0 saturated carbocycles. The number of aryl methyl sites for hydroxylation is 2. The first-order chi connectivity index (χ1) is 16.4. The summed E-state index contributed by atoms with van der Waals surface area (Å²) < 4.78 is 16.0. The molecule has 1 N–H and O–H groups in total. The molecule has 0 aliphatic rings. The number of carbonyl (C=O) groups is 3. The Morgan fingerprint density at radius 3 is 2.03 bits per heavy atom. The molecule has 7 nitrogen and oxygen atoms in total. The van der Waals surface area contributed by atoms with Crippen LogP contribution in [0.25, 0.3) is 0 Å². The molecule has 7 heteroatoms. The van der Waals surface area contributed by atoms with Crippen molar-refractivity contribution in [3.8, 4) is 17.2 Å². The van der Waals surface area contributed by atoms with Gasteiger partial charge in [0, 0.05) is 17.7 Å². The van der Waals surface area contributed by atoms with Crippen molar-refractivity contribution >= 4 is 23.3 Å². The molecule has 1 amide bonds. The predicted molar refractivity (Wildman–Crippen MR) is 129 cm³/mol. The maximum absolute atomic E-state index is 12.2. The van der Waals surface area contributed by atoms with Gasteiger partial charge in [-0.25, -0.2) is 0 Å². The van der Waals surface area contributed by atoms with Crippen molar-refractivity contribution in [2.75, 3.05) is 19.0 Å². The third kappa shape index (κ3) is 6.93. The van der Waals surface area contributed by atoms with E-state index < -0.39 is 5.97 Å². The molecule has 0 aromatic heterocycles. The molecular weight excluding hydrogens is 434 g/mol. The van der Waals surface area contributed by atoms with E-state index in [-0.39, 0.29) is 31.1 Å². The molecule has 0 heterocycles. The number of ether oxygens (including phenoxy) is 3. The van der Waals surface area contributed by atoms with Crippen LogP contribution in [0.4, 0.5) is 5.69 Å². The average molecular weight is 462 g/mol. The van der Waals surface area contributed by atoms with Crippen molar-refractivity contribution < 1.29 is 28.6 Å². The largest absolute Gasteiger partial charge is 0.497 e. The van der Waals surface area contributed by atoms with Crippen molar-refractivity contribution in [3.05, 3.63) is 83.4 Å². The van der Waals surface area contributed by atoms with Gasteiger partial charge in [0.2, 0.25) is 5.91 Å². The average Bonchev–Trinajstić information content (AvgIpc) is 2.84. The van der Waals surface area contributed by atoms with Crippen LogP contribution in [-0.2, 0) is 14.3 Å². The molecule has 0 radical (unpaired) electrons. The molecule has 0 aliphatic heterocycles. The van der Waals surface area contributed by atoms with Gasteiger partial charge in [-0.1, -0.05) is 18.2 Å². The summed E-state index contributed by atoms with van der Waals surface area (Å²) in [5.41, 5.74) is 3.07. The zero-order valence-corrected chi connectivity index (χ0v) is 19.4. The Morgan fingerprint density at radius 1 is 0.794 bits per heavy atom. The van der Waals surface area contributed by atoms with E-state index in [1.807, 2.05) is 32.0 Å². The Kier molecular flexibility index (Phi) is 8.40. The fourth-order valence-corrected chi connectivity index (χ4v) is 3.20. The van der Waals surface area contributed by atoms with E-state index in [1.165, 1.54) is 7.11 Å². The summed E-state index contributed by atoms with van der Waals surface area (Å²) >= 11 is 0. The predicted octanol–water partition coefficient (Wildman–Crippen LogP) is 5.25. The van der Waals surface area contributed by atoms with E-state index in [0.717, 1.165) is 16.9 Å². The first-order valence-corrected chi connectivity index (χ1v) is 10.8. The van der Waals surface area contributed by atoms with Gasteiger partial charge in [0.1, 0.15) is 17.2 Å². The van der Waals surface area contributed by atoms with E-state index in [9.17, 15) is 14.4 Å². The summed E-state index contributed by atoms with van der Waals surface area (Å²) in [4.78, 5) is 36.2. The van der Waals surface area contributed by atoms with Crippen LogP contribution in [0.5, 0.6) is 17.2 Å². The third-order valence-electron chi connectivity index (χ3n) is 5.10. The standard InChI is InChI=1S/C27H27NO6/c1-18-5-4-6-19(2)27(18)34-23-13-9-21(10-14-23)28-25(30)15-16-26(31)33-17-24(29)20-7-11-22(32-3)12-8-20/h4-14H,15-17H2,1-3H3,(H,28,30). The number of hydrogen-bond acceptors (Lipinski definition) is 6. The van der Waals surface area contributed by atoms with Crippen molar-refractivity contribution in [1.29, 1.82) is 0 Å². The van der Waals surface area contributed by atoms with Crippen LogP contribution in [0.1, 0.15) is 34.3 Å². The quantitative estimate of drug-likeness (QED) is 0.328. The second-order valence-electron chi connectivity index (χ2n) is 7.71. The SMILES string of the molecule is COc1ccc(C(=O)COC(=O)CCC(=O)Nc2ccc(Oc3c(C)cccc3C)cc2)cc1. The van der Waals surface area contributed by atoms with Gasteiger partial charge < -0.3 is 19.5 Å². The van der Waals surface area contributed by atoms with Crippen LogP contribution < -0.4 is 14.8 Å². The van der Waals surface area contributed by atoms with E-state index >= 15 is 0 Å². The number of esters is 1. The van der Waals surface area contributed by atoms with E-state index in [2.05, 4.69) is 5.32 Å². The van der Waals surface area contributed by atoms with Crippen molar-refractivity contribution in [1.82, 2.24) is 0 Å². The molecule has 3 aromatic carbocycles. The summed E-state index contributed by atoms with van der Waals surface area (Å²) in [7, 11) is 1.53. The molecule has 0 bridgehead atoms. The van der Waals surface area contributed by atoms with E-state index in [1.54, 1.807) is 48.5 Å². The molecule has 0 unspecified atom stereocenters. The number of rotatable bonds is 10. The highest BCUT2D eigenvalue weighted by atomic mass is 16.5. The summed E-state index contributed by atoms with van der Waals surface area (Å²) in [6, 6.07) is 19.4. The Balaban J connectivity index is 1.41. The molecule has 34 heavy (non-hydrogen) atoms. The number of carbonyl (C=O) groups excluding carboxylic acids is 3. The number of Topliss-reactive ketones (excluding diaryl/α,β-unsaturated/α-hetero) is 1. The van der Waals surface area contributed by atoms with Crippen LogP contribution in [-0.4, -0.2) is 31.4 Å². The molecule has 176 valence electrons. The molecule has 0 spiro atoms. The van der Waals surface area contributed by atoms with Crippen LogP contribution in [0.2, 0.25) is 0 Å². The van der Waals surface area contributed by atoms with Crippen LogP contribution in [0, 0.1) is 13.8 Å². The lowest BCUT2D eigenvalue weighted by Gasteiger charge is -2.12. The van der Waals surface area contributed by atoms with Gasteiger partial charge >= 0.3 is 5.97 Å². The molecule has 0 aliphatic carbocycles. The van der Waals surface area contributed by atoms with Crippen molar-refractivity contribution in [3.63, 3.8) is 0 Å². The van der Waals surface area contributed by atoms with Crippen molar-refractivity contribution in [2.45, 2.75) is 26.7 Å². The number of para-hydroxylation sites is 1. The van der Waals surface area contributed by atoms with Gasteiger partial charge in [-0.2, -0.15) is 0 Å². The van der Waals surface area contributed by atoms with Crippen LogP contribution >= 0.6 is 0 Å². The molecule has 0 atom stereocenters. The Hall–Kier alpha value is -4.13. The lowest BCUT2D eigenvalue weighted by molar-refractivity contribution is -0.143. The van der Waals surface area contributed by atoms with Gasteiger partial charge in [-0.3, -0.25) is 14.4 Å². The second-order valence-corrected chi connectivity index (χ2v) is 7.71. The second kappa shape index (κ2) is 11.7. The zero-order chi connectivity index (χ0) is 24.5. The lowest BCUT2D eigenvalue weighted by atomic mass is 10.1. The van der Waals surface area contributed by atoms with Gasteiger partial charge in [-0.15, -0.1) is 0 Å². The zero-order valence-electron chi connectivity index (χ0n) is 19.4. The lowest BCUT2D eigenvalue weighted by Crippen LogP contribution is -2.17. The highest BCUT2D eigenvalue weighted by Gasteiger charge is 2.13. The summed E-state index contributed by atoms with van der Waals surface area (Å²) in [6.07, 6.45) is -0.189. The highest BCUT2D eigenvalue weighted by molar-refractivity contribution is 5.98. The Bertz CT molecular complexity index is 1130. The smallest absolute Gasteiger partial charge is 0.306 e. The van der Waals surface area contributed by atoms with Gasteiger partial charge in [-0.05, 0) is 73.5 Å². The number of benzene rings is 3. The molecule has 3 rings (SSSR count). The minimum absolute atomic E-state index is 0.0593. The number of methoxy groups -OCH3 is 1. The number of anilines is 1. The summed E-state index contributed by atoms with van der Waals surface area (Å²) in [5, 5.41) is 2.73. The summed E-state index contributed by atoms with van der Waals surface area (Å²) in [5.74, 6) is 0.812. The Morgan fingerprint density at radius 2 is 1.41 bits per heavy atom. The normalized spacial score (nSPS) is 10.3. The van der Waals surface area contributed by atoms with Gasteiger partial charge in [0.05, 0.1) is 13.5 Å². The maximum Gasteiger partial charge on any atom is 0.306 e. The third-order valence-corrected chi connectivity index (χ3v) is 5.10. The highest BCUT2D eigenvalue weighted by Crippen LogP contribution is 2.29. The number of amides is 1. The van der Waals surface area contributed by atoms with Gasteiger partial charge in [0.25, 0.3) is 0 Å². The van der Waals surface area contributed by atoms with Crippen molar-refractivity contribution in [2.24, 2.45) is 0 Å². The molecule has 3 aromatic rings. The fraction of sp³-hybridized carbons (Fsp3) is 0.222. The fourth-order valence-electron chi connectivity index (χ4n) is 3.20. The molecular formula is C27H27NO6. The minimum atomic E-state index is -0.616. The number of nitrogens with one attached hydrogen (secondary N) is 1. The number of hydrogen-bond donors (Lipinski definition) is 1. The van der Waals surface area contributed by atoms with E-state index in [0.29, 0.717) is 22.7 Å². The summed E-state index contributed by atoms with van der Waals surface area (Å²) in [6.45, 7) is 3.59. The number of ketones is 1. The first-order valence-electron chi connectivity index (χ1n) is 10.8. The van der Waals surface area contributed by atoms with Crippen LogP contribution in [0.15, 0.2) is 66.7 Å². The molecule has 0 fully saturated rings. The van der Waals surface area contributed by atoms with Gasteiger partial charge in [0.15, 0.2) is 12.4 Å². The van der Waals surface area contributed by atoms with Crippen LogP contribution in [0.3, 0.4) is 0 Å².